The van der Waals surface area contributed by atoms with Crippen LogP contribution in [0.15, 0.2) is 47.4 Å². The molecule has 1 fully saturated rings. The Labute approximate surface area is 181 Å². The number of amides is 1. The molecule has 1 aliphatic rings. The van der Waals surface area contributed by atoms with Crippen LogP contribution in [0.25, 0.3) is 16.7 Å². The number of fused-ring (bicyclic) bond motifs is 1. The van der Waals surface area contributed by atoms with Crippen molar-refractivity contribution >= 4 is 28.3 Å². The fourth-order valence-corrected chi connectivity index (χ4v) is 4.30. The number of hydrogen-bond acceptors (Lipinski definition) is 4. The summed E-state index contributed by atoms with van der Waals surface area (Å²) >= 11 is 0. The summed E-state index contributed by atoms with van der Waals surface area (Å²) in [6.07, 6.45) is 3.75. The molecular weight excluding hydrogens is 393 g/mol. The molecule has 1 atom stereocenters. The van der Waals surface area contributed by atoms with Crippen LogP contribution in [0.1, 0.15) is 53.4 Å². The Balaban J connectivity index is 1.62. The Morgan fingerprint density at radius 3 is 2.87 bits per heavy atom. The van der Waals surface area contributed by atoms with Gasteiger partial charge in [0.25, 0.3) is 5.91 Å². The number of primary amides is 1. The van der Waals surface area contributed by atoms with E-state index in [-0.39, 0.29) is 11.3 Å². The minimum Gasteiger partial charge on any atom is -0.446 e. The maximum Gasteiger partial charge on any atom is 0.286 e. The number of nitrogens with zero attached hydrogens (tertiary/aromatic N) is 1. The van der Waals surface area contributed by atoms with E-state index >= 15 is 0 Å². The van der Waals surface area contributed by atoms with Gasteiger partial charge in [0.05, 0.1) is 5.69 Å². The summed E-state index contributed by atoms with van der Waals surface area (Å²) in [6.45, 7) is 10.2. The molecule has 1 saturated heterocycles. The van der Waals surface area contributed by atoms with E-state index in [1.807, 2.05) is 12.1 Å². The number of carbonyl (C=O) groups is 1. The lowest BCUT2D eigenvalue weighted by molar-refractivity contribution is 0.0977. The molecule has 162 valence electrons. The van der Waals surface area contributed by atoms with E-state index in [0.29, 0.717) is 28.4 Å². The Kier molecular flexibility index (Phi) is 5.83. The average Bonchev–Trinajstić information content (AvgIpc) is 3.09. The summed E-state index contributed by atoms with van der Waals surface area (Å²) in [6, 6.07) is 11.9. The number of rotatable bonds is 6. The number of furan rings is 1. The second-order valence-corrected chi connectivity index (χ2v) is 8.41. The van der Waals surface area contributed by atoms with Gasteiger partial charge in [0.1, 0.15) is 0 Å². The summed E-state index contributed by atoms with van der Waals surface area (Å²) in [4.78, 5) is 14.4. The second-order valence-electron chi connectivity index (χ2n) is 8.41. The third-order valence-electron chi connectivity index (χ3n) is 5.99. The second kappa shape index (κ2) is 8.55. The Hall–Kier alpha value is -3.12. The number of carbonyl (C=O) groups excluding carboxylic acids is 1. The van der Waals surface area contributed by atoms with E-state index in [9.17, 15) is 9.18 Å². The normalized spacial score (nSPS) is 17.1. The Morgan fingerprint density at radius 2 is 2.13 bits per heavy atom. The van der Waals surface area contributed by atoms with Crippen LogP contribution in [0.5, 0.6) is 0 Å². The van der Waals surface area contributed by atoms with Crippen molar-refractivity contribution in [2.45, 2.75) is 45.7 Å². The van der Waals surface area contributed by atoms with Gasteiger partial charge >= 0.3 is 0 Å². The smallest absolute Gasteiger partial charge is 0.286 e. The van der Waals surface area contributed by atoms with Gasteiger partial charge in [-0.25, -0.2) is 4.39 Å². The number of hydrogen-bond donors (Lipinski definition) is 2. The van der Waals surface area contributed by atoms with Crippen LogP contribution in [0.3, 0.4) is 0 Å². The average molecular weight is 422 g/mol. The molecule has 0 aliphatic carbocycles. The van der Waals surface area contributed by atoms with Gasteiger partial charge in [0.15, 0.2) is 11.4 Å². The van der Waals surface area contributed by atoms with Crippen molar-refractivity contribution < 1.29 is 13.6 Å². The number of nitrogens with two attached hydrogens (primary N) is 1. The standard InChI is InChI=1S/C25H28FN3O2/c1-15-11-20-22(24(25(27)30)31-23(20)21(26)12-15)28-17(3)19-9-6-8-18(13-19)14-29-10-5-4-7-16(29)2/h6,8-9,11-13,16,28H,3-5,7,10,14H2,1-2H3,(H2,27,30). The number of halogens is 1. The van der Waals surface area contributed by atoms with Crippen LogP contribution in [-0.4, -0.2) is 23.4 Å². The molecule has 4 rings (SSSR count). The highest BCUT2D eigenvalue weighted by Crippen LogP contribution is 2.35. The van der Waals surface area contributed by atoms with Crippen molar-refractivity contribution in [1.82, 2.24) is 4.90 Å². The van der Waals surface area contributed by atoms with Crippen molar-refractivity contribution in [1.29, 1.82) is 0 Å². The monoisotopic (exact) mass is 421 g/mol. The van der Waals surface area contributed by atoms with E-state index in [1.54, 1.807) is 13.0 Å². The Bertz CT molecular complexity index is 1150. The first-order chi connectivity index (χ1) is 14.8. The fourth-order valence-electron chi connectivity index (χ4n) is 4.30. The predicted molar refractivity (Wildman–Crippen MR) is 122 cm³/mol. The largest absolute Gasteiger partial charge is 0.446 e. The summed E-state index contributed by atoms with van der Waals surface area (Å²) in [5.41, 5.74) is 9.22. The number of likely N-dealkylation sites (tertiary alicyclic amines) is 1. The topological polar surface area (TPSA) is 71.5 Å². The van der Waals surface area contributed by atoms with Crippen LogP contribution in [0, 0.1) is 12.7 Å². The third kappa shape index (κ3) is 4.35. The number of benzene rings is 2. The van der Waals surface area contributed by atoms with Crippen LogP contribution >= 0.6 is 0 Å². The molecule has 1 unspecified atom stereocenters. The van der Waals surface area contributed by atoms with Crippen molar-refractivity contribution in [2.24, 2.45) is 5.73 Å². The molecule has 1 amide bonds. The number of piperidine rings is 1. The SMILES string of the molecule is C=C(Nc1c(C(N)=O)oc2c(F)cc(C)cc12)c1cccc(CN2CCCCC2C)c1. The first-order valence-electron chi connectivity index (χ1n) is 10.6. The lowest BCUT2D eigenvalue weighted by atomic mass is 10.0. The van der Waals surface area contributed by atoms with Crippen molar-refractivity contribution in [3.8, 4) is 0 Å². The molecule has 1 aromatic heterocycles. The molecule has 31 heavy (non-hydrogen) atoms. The molecule has 1 aliphatic heterocycles. The highest BCUT2D eigenvalue weighted by atomic mass is 19.1. The van der Waals surface area contributed by atoms with Crippen LogP contribution in [0.4, 0.5) is 10.1 Å². The van der Waals surface area contributed by atoms with E-state index < -0.39 is 11.7 Å². The summed E-state index contributed by atoms with van der Waals surface area (Å²) in [7, 11) is 0. The fraction of sp³-hybridized carbons (Fsp3) is 0.320. The zero-order chi connectivity index (χ0) is 22.1. The van der Waals surface area contributed by atoms with E-state index in [4.69, 9.17) is 10.2 Å². The molecule has 2 heterocycles. The number of aryl methyl sites for hydroxylation is 1. The van der Waals surface area contributed by atoms with Gasteiger partial charge in [0.2, 0.25) is 5.76 Å². The molecule has 3 N–H and O–H groups in total. The number of anilines is 1. The minimum atomic E-state index is -0.767. The highest BCUT2D eigenvalue weighted by molar-refractivity contribution is 6.07. The number of nitrogens with one attached hydrogen (secondary N) is 1. The summed E-state index contributed by atoms with van der Waals surface area (Å²) < 4.78 is 19.8. The summed E-state index contributed by atoms with van der Waals surface area (Å²) in [5, 5.41) is 3.62. The zero-order valence-electron chi connectivity index (χ0n) is 18.0. The van der Waals surface area contributed by atoms with Gasteiger partial charge in [-0.3, -0.25) is 9.69 Å². The van der Waals surface area contributed by atoms with E-state index in [1.165, 1.54) is 30.9 Å². The van der Waals surface area contributed by atoms with E-state index in [0.717, 1.165) is 18.7 Å². The van der Waals surface area contributed by atoms with Gasteiger partial charge in [0, 0.05) is 23.7 Å². The molecule has 2 aromatic carbocycles. The van der Waals surface area contributed by atoms with Crippen LogP contribution in [-0.2, 0) is 6.54 Å². The molecule has 0 spiro atoms. The van der Waals surface area contributed by atoms with E-state index in [2.05, 4.69) is 35.9 Å². The molecular formula is C25H28FN3O2. The maximum atomic E-state index is 14.4. The first kappa shape index (κ1) is 21.1. The molecule has 0 radical (unpaired) electrons. The van der Waals surface area contributed by atoms with Crippen molar-refractivity contribution in [3.05, 3.63) is 71.2 Å². The highest BCUT2D eigenvalue weighted by Gasteiger charge is 2.22. The Morgan fingerprint density at radius 1 is 1.32 bits per heavy atom. The van der Waals surface area contributed by atoms with Gasteiger partial charge in [-0.2, -0.15) is 0 Å². The van der Waals surface area contributed by atoms with Gasteiger partial charge in [-0.1, -0.05) is 31.2 Å². The van der Waals surface area contributed by atoms with Gasteiger partial charge < -0.3 is 15.5 Å². The lowest BCUT2D eigenvalue weighted by Gasteiger charge is -2.33. The zero-order valence-corrected chi connectivity index (χ0v) is 18.0. The van der Waals surface area contributed by atoms with Crippen molar-refractivity contribution in [3.63, 3.8) is 0 Å². The van der Waals surface area contributed by atoms with Crippen molar-refractivity contribution in [2.75, 3.05) is 11.9 Å². The lowest BCUT2D eigenvalue weighted by Crippen LogP contribution is -2.36. The van der Waals surface area contributed by atoms with Gasteiger partial charge in [-0.15, -0.1) is 0 Å². The maximum absolute atomic E-state index is 14.4. The van der Waals surface area contributed by atoms with Gasteiger partial charge in [-0.05, 0) is 68.1 Å². The molecule has 3 aromatic rings. The third-order valence-corrected chi connectivity index (χ3v) is 5.99. The molecule has 5 nitrogen and oxygen atoms in total. The first-order valence-corrected chi connectivity index (χ1v) is 10.6. The predicted octanol–water partition coefficient (Wildman–Crippen LogP) is 5.44. The quantitative estimate of drug-likeness (QED) is 0.556. The van der Waals surface area contributed by atoms with Crippen LogP contribution in [0.2, 0.25) is 0 Å². The molecule has 0 saturated carbocycles. The summed E-state index contributed by atoms with van der Waals surface area (Å²) in [5.74, 6) is -1.41. The molecule has 0 bridgehead atoms. The minimum absolute atomic E-state index is 0.00235. The van der Waals surface area contributed by atoms with Crippen LogP contribution < -0.4 is 11.1 Å². The molecule has 6 heteroatoms.